The minimum Gasteiger partial charge on any atom is -0.396 e. The molecule has 21 heavy (non-hydrogen) atoms. The van der Waals surface area contributed by atoms with Gasteiger partial charge >= 0.3 is 0 Å². The maximum Gasteiger partial charge on any atom is 0.243 e. The van der Waals surface area contributed by atoms with Crippen LogP contribution in [-0.4, -0.2) is 40.8 Å². The Balaban J connectivity index is 3.14. The van der Waals surface area contributed by atoms with E-state index in [4.69, 9.17) is 5.11 Å². The number of aliphatic hydroxyl groups excluding tert-OH is 1. The second-order valence-corrected chi connectivity index (χ2v) is 8.45. The molecule has 0 bridgehead atoms. The third kappa shape index (κ3) is 5.03. The van der Waals surface area contributed by atoms with Crippen LogP contribution in [0.5, 0.6) is 0 Å². The minimum atomic E-state index is -4.17. The smallest absolute Gasteiger partial charge is 0.243 e. The van der Waals surface area contributed by atoms with Crippen LogP contribution in [0.4, 0.5) is 4.39 Å². The molecule has 6 nitrogen and oxygen atoms in total. The summed E-state index contributed by atoms with van der Waals surface area (Å²) in [5, 5.41) is 8.70. The van der Waals surface area contributed by atoms with Crippen LogP contribution in [0, 0.1) is 5.82 Å². The van der Waals surface area contributed by atoms with Crippen molar-refractivity contribution >= 4 is 19.9 Å². The molecule has 0 spiro atoms. The van der Waals surface area contributed by atoms with E-state index in [0.29, 0.717) is 12.8 Å². The summed E-state index contributed by atoms with van der Waals surface area (Å²) >= 11 is 0. The summed E-state index contributed by atoms with van der Waals surface area (Å²) in [6.07, 6.45) is 1.69. The summed E-state index contributed by atoms with van der Waals surface area (Å²) in [6, 6.07) is 2.11. The molecule has 0 saturated carbocycles. The van der Waals surface area contributed by atoms with Gasteiger partial charge in [-0.25, -0.2) is 25.9 Å². The molecule has 1 aromatic rings. The van der Waals surface area contributed by atoms with Crippen LogP contribution in [0.3, 0.4) is 0 Å². The topological polar surface area (TPSA) is 101 Å². The van der Waals surface area contributed by atoms with E-state index in [2.05, 4.69) is 4.72 Å². The lowest BCUT2D eigenvalue weighted by Crippen LogP contribution is -2.33. The zero-order valence-electron chi connectivity index (χ0n) is 11.7. The summed E-state index contributed by atoms with van der Waals surface area (Å²) in [5.74, 6) is -1.02. The molecule has 0 saturated heterocycles. The molecule has 1 rings (SSSR count). The van der Waals surface area contributed by atoms with Crippen molar-refractivity contribution in [2.75, 3.05) is 12.9 Å². The van der Waals surface area contributed by atoms with Crippen molar-refractivity contribution in [2.45, 2.75) is 35.6 Å². The summed E-state index contributed by atoms with van der Waals surface area (Å²) in [4.78, 5) is -0.978. The molecule has 0 radical (unpaired) electrons. The first-order valence-electron chi connectivity index (χ1n) is 6.20. The molecule has 9 heteroatoms. The van der Waals surface area contributed by atoms with Crippen molar-refractivity contribution in [1.82, 2.24) is 4.72 Å². The van der Waals surface area contributed by atoms with Crippen LogP contribution in [0.15, 0.2) is 28.0 Å². The fourth-order valence-corrected chi connectivity index (χ4v) is 3.81. The summed E-state index contributed by atoms with van der Waals surface area (Å²) in [6.45, 7) is 1.50. The van der Waals surface area contributed by atoms with Crippen LogP contribution in [-0.2, 0) is 19.9 Å². The lowest BCUT2D eigenvalue weighted by Gasteiger charge is -2.14. The standard InChI is InChI=1S/C12H18FNO5S2/c1-9(4-3-7-15)14-21(18,19)12-8-10(20(2,16)17)5-6-11(12)13/h5-6,8-9,14-15H,3-4,7H2,1-2H3. The van der Waals surface area contributed by atoms with E-state index >= 15 is 0 Å². The number of sulfonamides is 1. The van der Waals surface area contributed by atoms with Crippen molar-refractivity contribution < 1.29 is 26.3 Å². The maximum absolute atomic E-state index is 13.7. The Morgan fingerprint density at radius 3 is 2.43 bits per heavy atom. The fourth-order valence-electron chi connectivity index (χ4n) is 1.71. The Hall–Kier alpha value is -1.03. The third-order valence-electron chi connectivity index (χ3n) is 2.77. The van der Waals surface area contributed by atoms with Crippen LogP contribution in [0.2, 0.25) is 0 Å². The van der Waals surface area contributed by atoms with E-state index < -0.39 is 36.6 Å². The number of hydrogen-bond donors (Lipinski definition) is 2. The molecular formula is C12H18FNO5S2. The molecular weight excluding hydrogens is 321 g/mol. The van der Waals surface area contributed by atoms with Crippen molar-refractivity contribution in [1.29, 1.82) is 0 Å². The Labute approximate surface area is 124 Å². The molecule has 0 heterocycles. The quantitative estimate of drug-likeness (QED) is 0.711. The maximum atomic E-state index is 13.7. The molecule has 0 aromatic heterocycles. The van der Waals surface area contributed by atoms with Crippen molar-refractivity contribution in [3.63, 3.8) is 0 Å². The van der Waals surface area contributed by atoms with Gasteiger partial charge in [-0.2, -0.15) is 0 Å². The zero-order chi connectivity index (χ0) is 16.3. The van der Waals surface area contributed by atoms with Gasteiger partial charge in [-0.3, -0.25) is 0 Å². The van der Waals surface area contributed by atoms with Crippen molar-refractivity contribution in [3.05, 3.63) is 24.0 Å². The molecule has 0 amide bonds. The average molecular weight is 339 g/mol. The Kier molecular flexibility index (Phi) is 5.85. The minimum absolute atomic E-state index is 0.0794. The number of aliphatic hydroxyl groups is 1. The van der Waals surface area contributed by atoms with Crippen LogP contribution >= 0.6 is 0 Å². The lowest BCUT2D eigenvalue weighted by molar-refractivity contribution is 0.279. The molecule has 1 unspecified atom stereocenters. The predicted octanol–water partition coefficient (Wildman–Crippen LogP) is 0.668. The third-order valence-corrected chi connectivity index (χ3v) is 5.49. The highest BCUT2D eigenvalue weighted by atomic mass is 32.2. The molecule has 1 aromatic carbocycles. The second kappa shape index (κ2) is 6.82. The van der Waals surface area contributed by atoms with Crippen LogP contribution in [0.1, 0.15) is 19.8 Å². The monoisotopic (exact) mass is 339 g/mol. The zero-order valence-corrected chi connectivity index (χ0v) is 13.3. The van der Waals surface area contributed by atoms with Gasteiger partial charge in [-0.15, -0.1) is 0 Å². The molecule has 1 atom stereocenters. The number of halogens is 1. The number of hydrogen-bond acceptors (Lipinski definition) is 5. The molecule has 0 aliphatic carbocycles. The second-order valence-electron chi connectivity index (χ2n) is 4.75. The molecule has 2 N–H and O–H groups in total. The SMILES string of the molecule is CC(CCCO)NS(=O)(=O)c1cc(S(C)(=O)=O)ccc1F. The van der Waals surface area contributed by atoms with Gasteiger partial charge in [-0.05, 0) is 38.0 Å². The first-order valence-corrected chi connectivity index (χ1v) is 9.58. The van der Waals surface area contributed by atoms with Crippen LogP contribution < -0.4 is 4.72 Å². The Morgan fingerprint density at radius 1 is 1.29 bits per heavy atom. The van der Waals surface area contributed by atoms with Crippen molar-refractivity contribution in [3.8, 4) is 0 Å². The largest absolute Gasteiger partial charge is 0.396 e. The van der Waals surface area contributed by atoms with Gasteiger partial charge in [0.05, 0.1) is 4.90 Å². The van der Waals surface area contributed by atoms with Gasteiger partial charge < -0.3 is 5.11 Å². The van der Waals surface area contributed by atoms with E-state index in [-0.39, 0.29) is 11.5 Å². The van der Waals surface area contributed by atoms with Crippen molar-refractivity contribution in [2.24, 2.45) is 0 Å². The molecule has 0 aliphatic heterocycles. The first-order chi connectivity index (χ1) is 9.58. The highest BCUT2D eigenvalue weighted by Crippen LogP contribution is 2.20. The number of nitrogens with one attached hydrogen (secondary N) is 1. The van der Waals surface area contributed by atoms with Gasteiger partial charge in [0.2, 0.25) is 10.0 Å². The van der Waals surface area contributed by atoms with Gasteiger partial charge in [0.15, 0.2) is 9.84 Å². The normalized spacial score (nSPS) is 14.1. The number of benzene rings is 1. The summed E-state index contributed by atoms with van der Waals surface area (Å²) in [7, 11) is -7.81. The summed E-state index contributed by atoms with van der Waals surface area (Å²) < 4.78 is 63.0. The molecule has 0 fully saturated rings. The first kappa shape index (κ1) is 18.0. The highest BCUT2D eigenvalue weighted by molar-refractivity contribution is 7.91. The number of sulfone groups is 1. The van der Waals surface area contributed by atoms with E-state index in [1.807, 2.05) is 0 Å². The fraction of sp³-hybridized carbons (Fsp3) is 0.500. The van der Waals surface area contributed by atoms with Gasteiger partial charge in [-0.1, -0.05) is 0 Å². The van der Waals surface area contributed by atoms with E-state index in [0.717, 1.165) is 24.5 Å². The van der Waals surface area contributed by atoms with E-state index in [1.165, 1.54) is 0 Å². The average Bonchev–Trinajstić information content (AvgIpc) is 2.34. The lowest BCUT2D eigenvalue weighted by atomic mass is 10.2. The van der Waals surface area contributed by atoms with Gasteiger partial charge in [0, 0.05) is 18.9 Å². The van der Waals surface area contributed by atoms with E-state index in [9.17, 15) is 21.2 Å². The highest BCUT2D eigenvalue weighted by Gasteiger charge is 2.23. The van der Waals surface area contributed by atoms with Gasteiger partial charge in [0.25, 0.3) is 0 Å². The number of rotatable bonds is 7. The summed E-state index contributed by atoms with van der Waals surface area (Å²) in [5.41, 5.74) is 0. The van der Waals surface area contributed by atoms with Gasteiger partial charge in [0.1, 0.15) is 10.7 Å². The Morgan fingerprint density at radius 2 is 1.90 bits per heavy atom. The van der Waals surface area contributed by atoms with Crippen LogP contribution in [0.25, 0.3) is 0 Å². The predicted molar refractivity (Wildman–Crippen MR) is 75.6 cm³/mol. The molecule has 0 aliphatic rings. The molecule has 120 valence electrons. The Bertz CT molecular complexity index is 700. The van der Waals surface area contributed by atoms with E-state index in [1.54, 1.807) is 6.92 Å².